The van der Waals surface area contributed by atoms with E-state index in [9.17, 15) is 4.79 Å². The van der Waals surface area contributed by atoms with Gasteiger partial charge in [0.2, 0.25) is 0 Å². The molecule has 0 aliphatic heterocycles. The number of nitrogens with one attached hydrogen (secondary N) is 1. The van der Waals surface area contributed by atoms with E-state index >= 15 is 0 Å². The third-order valence-electron chi connectivity index (χ3n) is 6.39. The number of para-hydroxylation sites is 2. The van der Waals surface area contributed by atoms with Crippen LogP contribution in [-0.4, -0.2) is 22.6 Å². The molecule has 0 aliphatic carbocycles. The van der Waals surface area contributed by atoms with E-state index in [0.717, 1.165) is 33.5 Å². The molecule has 0 radical (unpaired) electrons. The highest BCUT2D eigenvalue weighted by Crippen LogP contribution is 2.28. The van der Waals surface area contributed by atoms with E-state index < -0.39 is 0 Å². The highest BCUT2D eigenvalue weighted by molar-refractivity contribution is 7.80. The van der Waals surface area contributed by atoms with Gasteiger partial charge in [0.05, 0.1) is 29.9 Å². The number of carbonyl (C=O) groups is 1. The molecule has 5 rings (SSSR count). The number of hydrogen-bond donors (Lipinski definition) is 1. The van der Waals surface area contributed by atoms with Crippen molar-refractivity contribution >= 4 is 39.8 Å². The van der Waals surface area contributed by atoms with Crippen LogP contribution in [0.25, 0.3) is 22.2 Å². The zero-order chi connectivity index (χ0) is 27.9. The largest absolute Gasteiger partial charge is 0.493 e. The maximum atomic E-state index is 13.8. The van der Waals surface area contributed by atoms with Gasteiger partial charge in [-0.2, -0.15) is 0 Å². The van der Waals surface area contributed by atoms with Gasteiger partial charge in [-0.25, -0.2) is 4.98 Å². The van der Waals surface area contributed by atoms with Gasteiger partial charge in [-0.05, 0) is 60.1 Å². The predicted molar refractivity (Wildman–Crippen MR) is 167 cm³/mol. The van der Waals surface area contributed by atoms with Crippen molar-refractivity contribution in [2.24, 2.45) is 5.92 Å². The third-order valence-corrected chi connectivity index (χ3v) is 6.71. The van der Waals surface area contributed by atoms with E-state index in [1.807, 2.05) is 120 Å². The SMILES string of the molecule is CC(C)COc1cccc(-c2cc(C(=O)NC(=S)N(Cc3ccccc3)c3ccccc3)c3ccccc3n2)c1. The minimum Gasteiger partial charge on any atom is -0.493 e. The second-order valence-corrected chi connectivity index (χ2v) is 10.4. The van der Waals surface area contributed by atoms with Crippen molar-refractivity contribution in [3.05, 3.63) is 126 Å². The molecule has 1 aromatic heterocycles. The van der Waals surface area contributed by atoms with Crippen LogP contribution in [0.2, 0.25) is 0 Å². The molecule has 200 valence electrons. The van der Waals surface area contributed by atoms with Gasteiger partial charge in [-0.1, -0.05) is 92.7 Å². The maximum Gasteiger partial charge on any atom is 0.258 e. The Morgan fingerprint density at radius 3 is 2.33 bits per heavy atom. The Morgan fingerprint density at radius 1 is 0.875 bits per heavy atom. The zero-order valence-corrected chi connectivity index (χ0v) is 23.4. The van der Waals surface area contributed by atoms with Crippen LogP contribution in [0.15, 0.2) is 115 Å². The van der Waals surface area contributed by atoms with Crippen molar-refractivity contribution < 1.29 is 9.53 Å². The molecule has 1 heterocycles. The number of ether oxygens (including phenoxy) is 1. The maximum absolute atomic E-state index is 13.8. The Labute approximate surface area is 240 Å². The van der Waals surface area contributed by atoms with E-state index in [2.05, 4.69) is 19.2 Å². The first-order chi connectivity index (χ1) is 19.5. The minimum atomic E-state index is -0.286. The summed E-state index contributed by atoms with van der Waals surface area (Å²) >= 11 is 5.81. The van der Waals surface area contributed by atoms with E-state index in [0.29, 0.717) is 35.4 Å². The molecule has 0 bridgehead atoms. The molecule has 6 heteroatoms. The summed E-state index contributed by atoms with van der Waals surface area (Å²) in [6.45, 7) is 5.38. The summed E-state index contributed by atoms with van der Waals surface area (Å²) in [5, 5.41) is 4.08. The second-order valence-electron chi connectivity index (χ2n) is 9.97. The number of amides is 1. The highest BCUT2D eigenvalue weighted by atomic mass is 32.1. The first kappa shape index (κ1) is 27.0. The van der Waals surface area contributed by atoms with Gasteiger partial charge in [0.15, 0.2) is 5.11 Å². The van der Waals surface area contributed by atoms with Gasteiger partial charge in [0, 0.05) is 16.6 Å². The van der Waals surface area contributed by atoms with Crippen LogP contribution in [0.1, 0.15) is 29.8 Å². The number of thiocarbonyl (C=S) groups is 1. The Balaban J connectivity index is 1.47. The Kier molecular flexibility index (Phi) is 8.47. The molecule has 0 saturated heterocycles. The lowest BCUT2D eigenvalue weighted by Crippen LogP contribution is -2.42. The number of aromatic nitrogens is 1. The summed E-state index contributed by atoms with van der Waals surface area (Å²) in [4.78, 5) is 20.6. The lowest BCUT2D eigenvalue weighted by molar-refractivity contribution is 0.0978. The zero-order valence-electron chi connectivity index (χ0n) is 22.6. The lowest BCUT2D eigenvalue weighted by Gasteiger charge is -2.26. The highest BCUT2D eigenvalue weighted by Gasteiger charge is 2.19. The number of rotatable bonds is 8. The quantitative estimate of drug-likeness (QED) is 0.203. The Morgan fingerprint density at radius 2 is 1.57 bits per heavy atom. The standard InChI is InChI=1S/C34H31N3O2S/c1-24(2)23-39-28-17-11-14-26(20-28)32-21-30(29-18-9-10-19-31(29)35-32)33(38)36-34(40)37(27-15-7-4-8-16-27)22-25-12-5-3-6-13-25/h3-21,24H,22-23H2,1-2H3,(H,36,38,40). The molecule has 0 saturated carbocycles. The number of hydrogen-bond acceptors (Lipinski definition) is 4. The average Bonchev–Trinajstić information content (AvgIpc) is 2.99. The molecule has 5 aromatic rings. The normalized spacial score (nSPS) is 10.9. The smallest absolute Gasteiger partial charge is 0.258 e. The molecule has 0 fully saturated rings. The summed E-state index contributed by atoms with van der Waals surface area (Å²) in [5.41, 5.74) is 4.78. The summed E-state index contributed by atoms with van der Waals surface area (Å²) in [6.07, 6.45) is 0. The molecule has 0 aliphatic rings. The van der Waals surface area contributed by atoms with Gasteiger partial charge in [0.1, 0.15) is 5.75 Å². The molecule has 4 aromatic carbocycles. The molecular weight excluding hydrogens is 514 g/mol. The van der Waals surface area contributed by atoms with E-state index in [4.69, 9.17) is 21.9 Å². The first-order valence-corrected chi connectivity index (χ1v) is 13.7. The lowest BCUT2D eigenvalue weighted by atomic mass is 10.0. The second kappa shape index (κ2) is 12.5. The molecule has 0 unspecified atom stereocenters. The number of benzene rings is 4. The third kappa shape index (κ3) is 6.53. The molecule has 0 spiro atoms. The van der Waals surface area contributed by atoms with Crippen LogP contribution in [0.3, 0.4) is 0 Å². The Bertz CT molecular complexity index is 1620. The summed E-state index contributed by atoms with van der Waals surface area (Å²) in [7, 11) is 0. The van der Waals surface area contributed by atoms with Gasteiger partial charge >= 0.3 is 0 Å². The number of nitrogens with zero attached hydrogens (tertiary/aromatic N) is 2. The van der Waals surface area contributed by atoms with Crippen molar-refractivity contribution in [1.82, 2.24) is 10.3 Å². The minimum absolute atomic E-state index is 0.286. The van der Waals surface area contributed by atoms with Crippen LogP contribution in [-0.2, 0) is 6.54 Å². The first-order valence-electron chi connectivity index (χ1n) is 13.3. The van der Waals surface area contributed by atoms with Gasteiger partial charge in [-0.3, -0.25) is 10.1 Å². The van der Waals surface area contributed by atoms with Gasteiger partial charge in [-0.15, -0.1) is 0 Å². The fourth-order valence-electron chi connectivity index (χ4n) is 4.41. The van der Waals surface area contributed by atoms with Crippen LogP contribution in [0.5, 0.6) is 5.75 Å². The average molecular weight is 546 g/mol. The number of carbonyl (C=O) groups excluding carboxylic acids is 1. The topological polar surface area (TPSA) is 54.5 Å². The Hall–Kier alpha value is -4.55. The van der Waals surface area contributed by atoms with Crippen molar-refractivity contribution in [3.8, 4) is 17.0 Å². The van der Waals surface area contributed by atoms with Crippen molar-refractivity contribution in [1.29, 1.82) is 0 Å². The molecular formula is C34H31N3O2S. The summed E-state index contributed by atoms with van der Waals surface area (Å²) in [6, 6.07) is 37.2. The number of fused-ring (bicyclic) bond motifs is 1. The van der Waals surface area contributed by atoms with Crippen LogP contribution < -0.4 is 15.0 Å². The summed E-state index contributed by atoms with van der Waals surface area (Å²) in [5.74, 6) is 0.901. The van der Waals surface area contributed by atoms with Crippen molar-refractivity contribution in [3.63, 3.8) is 0 Å². The van der Waals surface area contributed by atoms with E-state index in [1.165, 1.54) is 0 Å². The molecule has 5 nitrogen and oxygen atoms in total. The fourth-order valence-corrected chi connectivity index (χ4v) is 4.67. The number of anilines is 1. The van der Waals surface area contributed by atoms with Gasteiger partial charge in [0.25, 0.3) is 5.91 Å². The molecule has 0 atom stereocenters. The van der Waals surface area contributed by atoms with Crippen LogP contribution >= 0.6 is 12.2 Å². The summed E-state index contributed by atoms with van der Waals surface area (Å²) < 4.78 is 5.93. The fraction of sp³-hybridized carbons (Fsp3) is 0.147. The van der Waals surface area contributed by atoms with Crippen molar-refractivity contribution in [2.75, 3.05) is 11.5 Å². The monoisotopic (exact) mass is 545 g/mol. The molecule has 40 heavy (non-hydrogen) atoms. The van der Waals surface area contributed by atoms with E-state index in [1.54, 1.807) is 0 Å². The molecule has 1 amide bonds. The molecule has 1 N–H and O–H groups in total. The van der Waals surface area contributed by atoms with Crippen molar-refractivity contribution in [2.45, 2.75) is 20.4 Å². The van der Waals surface area contributed by atoms with Crippen LogP contribution in [0, 0.1) is 5.92 Å². The number of pyridine rings is 1. The van der Waals surface area contributed by atoms with Crippen LogP contribution in [0.4, 0.5) is 5.69 Å². The van der Waals surface area contributed by atoms with E-state index in [-0.39, 0.29) is 5.91 Å². The van der Waals surface area contributed by atoms with Gasteiger partial charge < -0.3 is 9.64 Å². The predicted octanol–water partition coefficient (Wildman–Crippen LogP) is 7.66.